The fourth-order valence-corrected chi connectivity index (χ4v) is 4.81. The lowest BCUT2D eigenvalue weighted by Gasteiger charge is -2.42. The molecule has 6 heteroatoms. The van der Waals surface area contributed by atoms with Crippen LogP contribution in [-0.4, -0.2) is 37.3 Å². The first kappa shape index (κ1) is 17.4. The van der Waals surface area contributed by atoms with Crippen LogP contribution in [0.4, 0.5) is 0 Å². The van der Waals surface area contributed by atoms with Gasteiger partial charge in [0.05, 0.1) is 6.20 Å². The number of hydrogen-bond acceptors (Lipinski definition) is 4. The van der Waals surface area contributed by atoms with Crippen LogP contribution in [0.3, 0.4) is 0 Å². The molecule has 0 radical (unpaired) electrons. The molecule has 0 N–H and O–H groups in total. The Kier molecular flexibility index (Phi) is 4.36. The van der Waals surface area contributed by atoms with Crippen molar-refractivity contribution in [1.82, 2.24) is 24.2 Å². The van der Waals surface area contributed by atoms with Crippen molar-refractivity contribution in [3.05, 3.63) is 70.7 Å². The van der Waals surface area contributed by atoms with Crippen molar-refractivity contribution in [3.8, 4) is 11.1 Å². The van der Waals surface area contributed by atoms with Gasteiger partial charge in [-0.05, 0) is 37.0 Å². The van der Waals surface area contributed by atoms with Crippen LogP contribution in [0, 0.1) is 5.92 Å². The number of hydrogen-bond donors (Lipinski definition) is 0. The van der Waals surface area contributed by atoms with E-state index < -0.39 is 0 Å². The number of rotatable bonds is 4. The Morgan fingerprint density at radius 1 is 1.14 bits per heavy atom. The van der Waals surface area contributed by atoms with Crippen LogP contribution in [0.2, 0.25) is 0 Å². The summed E-state index contributed by atoms with van der Waals surface area (Å²) in [6.45, 7) is 6.80. The molecule has 2 aliphatic rings. The average molecular weight is 375 g/mol. The van der Waals surface area contributed by atoms with Crippen LogP contribution < -0.4 is 5.56 Å². The zero-order valence-corrected chi connectivity index (χ0v) is 16.2. The Labute approximate surface area is 164 Å². The van der Waals surface area contributed by atoms with E-state index in [4.69, 9.17) is 0 Å². The minimum absolute atomic E-state index is 0.115. The molecule has 2 atom stereocenters. The highest BCUT2D eigenvalue weighted by atomic mass is 16.1. The summed E-state index contributed by atoms with van der Waals surface area (Å²) < 4.78 is 3.99. The van der Waals surface area contributed by atoms with Crippen LogP contribution in [0.15, 0.2) is 53.8 Å². The lowest BCUT2D eigenvalue weighted by atomic mass is 9.82. The topological polar surface area (TPSA) is 56.0 Å². The Morgan fingerprint density at radius 3 is 2.86 bits per heavy atom. The molecule has 0 unspecified atom stereocenters. The van der Waals surface area contributed by atoms with Gasteiger partial charge < -0.3 is 4.57 Å². The predicted molar refractivity (Wildman–Crippen MR) is 108 cm³/mol. The quantitative estimate of drug-likeness (QED) is 0.704. The average Bonchev–Trinajstić information content (AvgIpc) is 3.17. The number of fused-ring (bicyclic) bond motifs is 4. The van der Waals surface area contributed by atoms with Crippen molar-refractivity contribution in [2.75, 3.05) is 13.1 Å². The predicted octanol–water partition coefficient (Wildman–Crippen LogP) is 2.75. The van der Waals surface area contributed by atoms with E-state index in [-0.39, 0.29) is 5.56 Å². The molecular weight excluding hydrogens is 350 g/mol. The van der Waals surface area contributed by atoms with E-state index in [2.05, 4.69) is 34.2 Å². The Hall–Kier alpha value is -2.73. The van der Waals surface area contributed by atoms with Crippen molar-refractivity contribution < 1.29 is 0 Å². The van der Waals surface area contributed by atoms with Gasteiger partial charge in [0, 0.05) is 80.1 Å². The number of nitrogens with zero attached hydrogens (tertiary/aromatic N) is 5. The second kappa shape index (κ2) is 7.02. The van der Waals surface area contributed by atoms with Gasteiger partial charge in [-0.1, -0.05) is 6.07 Å². The van der Waals surface area contributed by atoms with Crippen molar-refractivity contribution in [1.29, 1.82) is 0 Å². The van der Waals surface area contributed by atoms with Crippen molar-refractivity contribution in [3.63, 3.8) is 0 Å². The molecule has 5 rings (SSSR count). The first-order valence-electron chi connectivity index (χ1n) is 10.1. The maximum absolute atomic E-state index is 12.8. The summed E-state index contributed by atoms with van der Waals surface area (Å²) in [6, 6.07) is 7.90. The third-order valence-corrected chi connectivity index (χ3v) is 6.04. The number of likely N-dealkylation sites (tertiary alicyclic amines) is 1. The first-order chi connectivity index (χ1) is 13.7. The van der Waals surface area contributed by atoms with E-state index in [1.165, 1.54) is 17.7 Å². The molecule has 0 saturated carbocycles. The van der Waals surface area contributed by atoms with E-state index in [0.717, 1.165) is 43.9 Å². The van der Waals surface area contributed by atoms with Crippen molar-refractivity contribution in [2.24, 2.45) is 5.92 Å². The smallest absolute Gasteiger partial charge is 0.251 e. The van der Waals surface area contributed by atoms with E-state index in [1.54, 1.807) is 12.3 Å². The van der Waals surface area contributed by atoms with Gasteiger partial charge >= 0.3 is 0 Å². The highest BCUT2D eigenvalue weighted by molar-refractivity contribution is 5.62. The summed E-state index contributed by atoms with van der Waals surface area (Å²) in [7, 11) is 0. The Morgan fingerprint density at radius 2 is 2.07 bits per heavy atom. The van der Waals surface area contributed by atoms with Crippen LogP contribution in [0.1, 0.15) is 30.5 Å². The summed E-state index contributed by atoms with van der Waals surface area (Å²) in [5, 5.41) is 4.40. The highest BCUT2D eigenvalue weighted by Gasteiger charge is 2.35. The molecule has 0 aliphatic carbocycles. The molecule has 1 saturated heterocycles. The van der Waals surface area contributed by atoms with Gasteiger partial charge in [0.1, 0.15) is 0 Å². The molecule has 28 heavy (non-hydrogen) atoms. The second-order valence-corrected chi connectivity index (χ2v) is 8.06. The molecule has 5 heterocycles. The molecule has 3 aromatic rings. The summed E-state index contributed by atoms with van der Waals surface area (Å²) >= 11 is 0. The molecule has 0 amide bonds. The number of aryl methyl sites for hydroxylation is 1. The van der Waals surface area contributed by atoms with Crippen molar-refractivity contribution >= 4 is 0 Å². The van der Waals surface area contributed by atoms with E-state index in [0.29, 0.717) is 11.8 Å². The van der Waals surface area contributed by atoms with E-state index in [1.807, 2.05) is 33.8 Å². The van der Waals surface area contributed by atoms with Gasteiger partial charge in [-0.25, -0.2) is 0 Å². The molecule has 2 aliphatic heterocycles. The third kappa shape index (κ3) is 3.18. The summed E-state index contributed by atoms with van der Waals surface area (Å²) in [5.74, 6) is 0.937. The van der Waals surface area contributed by atoms with Crippen LogP contribution in [0.25, 0.3) is 11.1 Å². The molecule has 6 nitrogen and oxygen atoms in total. The van der Waals surface area contributed by atoms with Gasteiger partial charge in [-0.3, -0.25) is 19.4 Å². The number of piperidine rings is 1. The van der Waals surface area contributed by atoms with Crippen LogP contribution >= 0.6 is 0 Å². The third-order valence-electron chi connectivity index (χ3n) is 6.04. The molecule has 2 bridgehead atoms. The summed E-state index contributed by atoms with van der Waals surface area (Å²) in [4.78, 5) is 19.6. The van der Waals surface area contributed by atoms with Crippen LogP contribution in [-0.2, 0) is 19.6 Å². The van der Waals surface area contributed by atoms with Gasteiger partial charge in [0.2, 0.25) is 0 Å². The second-order valence-electron chi connectivity index (χ2n) is 8.06. The number of aromatic nitrogens is 4. The molecule has 1 fully saturated rings. The molecule has 0 spiro atoms. The maximum Gasteiger partial charge on any atom is 0.251 e. The zero-order chi connectivity index (χ0) is 19.1. The van der Waals surface area contributed by atoms with E-state index in [9.17, 15) is 4.79 Å². The van der Waals surface area contributed by atoms with Gasteiger partial charge in [-0.2, -0.15) is 5.10 Å². The Bertz CT molecular complexity index is 1040. The lowest BCUT2D eigenvalue weighted by molar-refractivity contribution is 0.114. The highest BCUT2D eigenvalue weighted by Crippen LogP contribution is 2.36. The minimum atomic E-state index is 0.115. The molecule has 3 aromatic heterocycles. The fraction of sp³-hybridized carbons (Fsp3) is 0.409. The standard InChI is InChI=1S/C22H25N5O/c1-2-26-13-17(9-24-26)12-25-11-16-6-20(15-25)21-7-19(8-22(28)27(21)14-16)18-4-3-5-23-10-18/h3-5,7-10,13,16,20H,2,6,11-12,14-15H2,1H3/t16-,20+/m0/s1. The van der Waals surface area contributed by atoms with Gasteiger partial charge in [-0.15, -0.1) is 0 Å². The fourth-order valence-electron chi connectivity index (χ4n) is 4.81. The zero-order valence-electron chi connectivity index (χ0n) is 16.2. The lowest BCUT2D eigenvalue weighted by Crippen LogP contribution is -2.46. The van der Waals surface area contributed by atoms with Crippen molar-refractivity contribution in [2.45, 2.75) is 38.9 Å². The van der Waals surface area contributed by atoms with Crippen LogP contribution in [0.5, 0.6) is 0 Å². The first-order valence-corrected chi connectivity index (χ1v) is 10.1. The largest absolute Gasteiger partial charge is 0.312 e. The SMILES string of the molecule is CCn1cc(CN2C[C@@H]3C[C@H](C2)c2cc(-c4cccnc4)cc(=O)n2C3)cn1. The maximum atomic E-state index is 12.8. The molecule has 144 valence electrons. The Balaban J connectivity index is 1.43. The molecular formula is C22H25N5O. The van der Waals surface area contributed by atoms with Gasteiger partial charge in [0.25, 0.3) is 5.56 Å². The molecule has 0 aromatic carbocycles. The minimum Gasteiger partial charge on any atom is -0.312 e. The summed E-state index contributed by atoms with van der Waals surface area (Å²) in [5.41, 5.74) is 4.54. The van der Waals surface area contributed by atoms with E-state index >= 15 is 0 Å². The number of pyridine rings is 2. The summed E-state index contributed by atoms with van der Waals surface area (Å²) in [6.07, 6.45) is 8.88. The normalized spacial score (nSPS) is 21.5. The monoisotopic (exact) mass is 375 g/mol. The van der Waals surface area contributed by atoms with Gasteiger partial charge in [0.15, 0.2) is 0 Å².